The van der Waals surface area contributed by atoms with Crippen molar-refractivity contribution in [2.45, 2.75) is 85.5 Å². The van der Waals surface area contributed by atoms with Crippen LogP contribution in [-0.2, 0) is 16.2 Å². The molecule has 0 radical (unpaired) electrons. The van der Waals surface area contributed by atoms with Gasteiger partial charge in [0.05, 0.1) is 16.6 Å². The van der Waals surface area contributed by atoms with E-state index in [0.29, 0.717) is 0 Å². The SMILES string of the molecule is Cc1ccnc2c(-c3cccc(-c4nc5c(-c6cc(C(C)(C)C)ccc6O)cccc5n4-c4ccc(C(C)(C)C)cc4)c3)cc(C(C)(C)C)cc12. The summed E-state index contributed by atoms with van der Waals surface area (Å²) in [5.41, 5.74) is 13.6. The normalized spacial score (nSPS) is 12.6. The fourth-order valence-electron chi connectivity index (χ4n) is 6.97. The van der Waals surface area contributed by atoms with Crippen molar-refractivity contribution in [3.63, 3.8) is 0 Å². The number of hydrogen-bond donors (Lipinski definition) is 1. The topological polar surface area (TPSA) is 50.9 Å². The van der Waals surface area contributed by atoms with Crippen molar-refractivity contribution in [2.75, 3.05) is 0 Å². The summed E-state index contributed by atoms with van der Waals surface area (Å²) >= 11 is 0. The summed E-state index contributed by atoms with van der Waals surface area (Å²) in [7, 11) is 0. The van der Waals surface area contributed by atoms with Gasteiger partial charge in [0.2, 0.25) is 0 Å². The van der Waals surface area contributed by atoms with Gasteiger partial charge in [-0.25, -0.2) is 4.98 Å². The van der Waals surface area contributed by atoms with Crippen LogP contribution in [0.15, 0.2) is 109 Å². The Hall–Kier alpha value is -5.22. The van der Waals surface area contributed by atoms with Crippen LogP contribution in [0.2, 0.25) is 0 Å². The molecular weight excluding hydrogens is 623 g/mol. The number of nitrogens with zero attached hydrogens (tertiary/aromatic N) is 3. The second kappa shape index (κ2) is 12.2. The number of aryl methyl sites for hydroxylation is 1. The van der Waals surface area contributed by atoms with E-state index in [1.807, 2.05) is 18.3 Å². The van der Waals surface area contributed by atoms with E-state index < -0.39 is 0 Å². The summed E-state index contributed by atoms with van der Waals surface area (Å²) < 4.78 is 2.27. The van der Waals surface area contributed by atoms with E-state index in [-0.39, 0.29) is 22.0 Å². The minimum Gasteiger partial charge on any atom is -0.507 e. The molecule has 5 aromatic carbocycles. The van der Waals surface area contributed by atoms with Crippen LogP contribution in [-0.4, -0.2) is 19.6 Å². The number of aromatic hydroxyl groups is 1. The van der Waals surface area contributed by atoms with Crippen LogP contribution in [0, 0.1) is 6.92 Å². The predicted octanol–water partition coefficient (Wildman–Crippen LogP) is 12.5. The first kappa shape index (κ1) is 34.2. The number of pyridine rings is 1. The summed E-state index contributed by atoms with van der Waals surface area (Å²) in [4.78, 5) is 10.3. The quantitative estimate of drug-likeness (QED) is 0.203. The average molecular weight is 672 g/mol. The van der Waals surface area contributed by atoms with Crippen molar-refractivity contribution in [1.82, 2.24) is 14.5 Å². The van der Waals surface area contributed by atoms with Crippen LogP contribution in [0.25, 0.3) is 61.3 Å². The fraction of sp³-hybridized carbons (Fsp3) is 0.277. The molecule has 4 heteroatoms. The van der Waals surface area contributed by atoms with Crippen molar-refractivity contribution < 1.29 is 5.11 Å². The van der Waals surface area contributed by atoms with E-state index in [1.165, 1.54) is 22.1 Å². The van der Waals surface area contributed by atoms with Gasteiger partial charge in [-0.05, 0) is 106 Å². The Bertz CT molecular complexity index is 2430. The molecule has 7 rings (SSSR count). The third-order valence-corrected chi connectivity index (χ3v) is 10.2. The van der Waals surface area contributed by atoms with Crippen molar-refractivity contribution >= 4 is 21.9 Å². The Kier molecular flexibility index (Phi) is 8.21. The van der Waals surface area contributed by atoms with Gasteiger partial charge in [0.25, 0.3) is 0 Å². The van der Waals surface area contributed by atoms with Crippen molar-refractivity contribution in [3.8, 4) is 45.1 Å². The van der Waals surface area contributed by atoms with Gasteiger partial charge in [-0.2, -0.15) is 0 Å². The van der Waals surface area contributed by atoms with Crippen molar-refractivity contribution in [2.24, 2.45) is 0 Å². The average Bonchev–Trinajstić information content (AvgIpc) is 3.47. The molecule has 2 aromatic heterocycles. The number of phenols is 1. The highest BCUT2D eigenvalue weighted by Gasteiger charge is 2.23. The van der Waals surface area contributed by atoms with E-state index >= 15 is 0 Å². The molecule has 0 bridgehead atoms. The van der Waals surface area contributed by atoms with E-state index in [9.17, 15) is 5.11 Å². The lowest BCUT2D eigenvalue weighted by Crippen LogP contribution is -2.11. The molecule has 258 valence electrons. The highest BCUT2D eigenvalue weighted by molar-refractivity contribution is 5.99. The maximum Gasteiger partial charge on any atom is 0.145 e. The standard InChI is InChI=1S/C47H49N3O/c1-29-23-24-48-42-37(29)27-34(47(8,9)10)28-38(42)30-13-11-14-31(25-30)44-49-43-36(39-26-33(46(5,6)7)19-22-41(39)51)15-12-16-40(43)50(44)35-20-17-32(18-21-35)45(2,3)4/h11-28,51H,1-10H3. The van der Waals surface area contributed by atoms with Crippen LogP contribution in [0.1, 0.15) is 84.6 Å². The largest absolute Gasteiger partial charge is 0.507 e. The molecule has 0 atom stereocenters. The van der Waals surface area contributed by atoms with Crippen LogP contribution < -0.4 is 0 Å². The molecule has 0 amide bonds. The zero-order valence-electron chi connectivity index (χ0n) is 31.7. The van der Waals surface area contributed by atoms with Gasteiger partial charge in [-0.15, -0.1) is 0 Å². The molecule has 0 aliphatic heterocycles. The molecule has 0 fully saturated rings. The first-order valence-corrected chi connectivity index (χ1v) is 18.0. The van der Waals surface area contributed by atoms with E-state index in [0.717, 1.165) is 61.4 Å². The summed E-state index contributed by atoms with van der Waals surface area (Å²) in [6.07, 6.45) is 1.91. The lowest BCUT2D eigenvalue weighted by atomic mass is 9.83. The van der Waals surface area contributed by atoms with Gasteiger partial charge in [0.1, 0.15) is 11.6 Å². The predicted molar refractivity (Wildman–Crippen MR) is 215 cm³/mol. The molecule has 7 aromatic rings. The molecule has 1 N–H and O–H groups in total. The Morgan fingerprint density at radius 1 is 0.549 bits per heavy atom. The third-order valence-electron chi connectivity index (χ3n) is 10.2. The number of fused-ring (bicyclic) bond motifs is 2. The first-order chi connectivity index (χ1) is 24.0. The van der Waals surface area contributed by atoms with E-state index in [2.05, 4.69) is 165 Å². The maximum absolute atomic E-state index is 11.2. The fourth-order valence-corrected chi connectivity index (χ4v) is 6.97. The van der Waals surface area contributed by atoms with Crippen molar-refractivity contribution in [1.29, 1.82) is 0 Å². The van der Waals surface area contributed by atoms with Gasteiger partial charge in [-0.3, -0.25) is 9.55 Å². The molecular formula is C47H49N3O. The highest BCUT2D eigenvalue weighted by Crippen LogP contribution is 2.41. The monoisotopic (exact) mass is 671 g/mol. The number of imidazole rings is 1. The lowest BCUT2D eigenvalue weighted by molar-refractivity contribution is 0.476. The van der Waals surface area contributed by atoms with Gasteiger partial charge in [-0.1, -0.05) is 111 Å². The van der Waals surface area contributed by atoms with Gasteiger partial charge in [0.15, 0.2) is 0 Å². The first-order valence-electron chi connectivity index (χ1n) is 18.0. The molecule has 0 spiro atoms. The Labute approximate surface area is 302 Å². The van der Waals surface area contributed by atoms with Gasteiger partial charge in [0, 0.05) is 39.5 Å². The summed E-state index contributed by atoms with van der Waals surface area (Å²) in [6.45, 7) is 22.3. The Balaban J connectivity index is 1.50. The molecule has 0 saturated carbocycles. The molecule has 0 unspecified atom stereocenters. The molecule has 4 nitrogen and oxygen atoms in total. The zero-order chi connectivity index (χ0) is 36.5. The Morgan fingerprint density at radius 2 is 1.18 bits per heavy atom. The number of hydrogen-bond acceptors (Lipinski definition) is 3. The lowest BCUT2D eigenvalue weighted by Gasteiger charge is -2.22. The molecule has 0 aliphatic carbocycles. The van der Waals surface area contributed by atoms with Gasteiger partial charge < -0.3 is 5.11 Å². The van der Waals surface area contributed by atoms with E-state index in [4.69, 9.17) is 9.97 Å². The highest BCUT2D eigenvalue weighted by atomic mass is 16.3. The smallest absolute Gasteiger partial charge is 0.145 e. The molecule has 51 heavy (non-hydrogen) atoms. The van der Waals surface area contributed by atoms with Crippen molar-refractivity contribution in [3.05, 3.63) is 132 Å². The molecule has 0 aliphatic rings. The number of rotatable bonds is 4. The van der Waals surface area contributed by atoms with Crippen LogP contribution in [0.3, 0.4) is 0 Å². The second-order valence-electron chi connectivity index (χ2n) is 17.1. The van der Waals surface area contributed by atoms with Crippen LogP contribution >= 0.6 is 0 Å². The molecule has 2 heterocycles. The minimum absolute atomic E-state index is 0.0255. The van der Waals surface area contributed by atoms with E-state index in [1.54, 1.807) is 0 Å². The number of phenolic OH excluding ortho intramolecular Hbond substituents is 1. The summed E-state index contributed by atoms with van der Waals surface area (Å²) in [6, 6.07) is 36.5. The minimum atomic E-state index is -0.0715. The summed E-state index contributed by atoms with van der Waals surface area (Å²) in [5.74, 6) is 1.09. The summed E-state index contributed by atoms with van der Waals surface area (Å²) in [5, 5.41) is 12.4. The Morgan fingerprint density at radius 3 is 1.86 bits per heavy atom. The zero-order valence-corrected chi connectivity index (χ0v) is 31.7. The van der Waals surface area contributed by atoms with Gasteiger partial charge >= 0.3 is 0 Å². The second-order valence-corrected chi connectivity index (χ2v) is 17.1. The number of para-hydroxylation sites is 1. The maximum atomic E-state index is 11.2. The third kappa shape index (κ3) is 6.33. The number of benzene rings is 5. The van der Waals surface area contributed by atoms with Crippen LogP contribution in [0.5, 0.6) is 5.75 Å². The molecule has 0 saturated heterocycles. The van der Waals surface area contributed by atoms with Crippen LogP contribution in [0.4, 0.5) is 0 Å². The number of aromatic nitrogens is 3.